The van der Waals surface area contributed by atoms with Crippen LogP contribution in [0.1, 0.15) is 39.5 Å². The first kappa shape index (κ1) is 25.0. The summed E-state index contributed by atoms with van der Waals surface area (Å²) in [5, 5.41) is 16.7. The van der Waals surface area contributed by atoms with Gasteiger partial charge in [0.1, 0.15) is 13.2 Å². The van der Waals surface area contributed by atoms with Gasteiger partial charge in [0.05, 0.1) is 39.6 Å². The molecule has 0 amide bonds. The van der Waals surface area contributed by atoms with Crippen molar-refractivity contribution < 1.29 is 34.2 Å². The number of aliphatic hydroxyl groups is 2. The van der Waals surface area contributed by atoms with Gasteiger partial charge in [-0.3, -0.25) is 0 Å². The van der Waals surface area contributed by atoms with Crippen molar-refractivity contribution in [2.24, 2.45) is 0 Å². The van der Waals surface area contributed by atoms with Crippen LogP contribution >= 0.6 is 0 Å². The van der Waals surface area contributed by atoms with E-state index in [1.807, 2.05) is 0 Å². The van der Waals surface area contributed by atoms with Gasteiger partial charge in [-0.2, -0.15) is 0 Å². The first-order valence-electron chi connectivity index (χ1n) is 8.52. The third-order valence-corrected chi connectivity index (χ3v) is 2.46. The highest BCUT2D eigenvalue weighted by Gasteiger charge is 1.91. The number of hydrogen-bond acceptors (Lipinski definition) is 7. The van der Waals surface area contributed by atoms with Crippen molar-refractivity contribution >= 4 is 0 Å². The van der Waals surface area contributed by atoms with Gasteiger partial charge in [0, 0.05) is 13.2 Å². The van der Waals surface area contributed by atoms with Crippen molar-refractivity contribution in [2.75, 3.05) is 66.1 Å². The predicted octanol–water partition coefficient (Wildman–Crippen LogP) is 1.56. The quantitative estimate of drug-likeness (QED) is 0.236. The second-order valence-corrected chi connectivity index (χ2v) is 4.64. The lowest BCUT2D eigenvalue weighted by Crippen LogP contribution is -2.11. The van der Waals surface area contributed by atoms with Crippen molar-refractivity contribution in [3.8, 4) is 0 Å². The Morgan fingerprint density at radius 1 is 0.522 bits per heavy atom. The molecule has 0 aliphatic carbocycles. The third kappa shape index (κ3) is 30.2. The summed E-state index contributed by atoms with van der Waals surface area (Å²) >= 11 is 0. The number of rotatable bonds is 17. The van der Waals surface area contributed by atoms with Gasteiger partial charge in [0.25, 0.3) is 0 Å². The standard InChI is InChI=1S/C8H18O6.C8H18O/c9-1-3-11-5-7-13-14-8-6-12-4-2-10;1-3-5-7-9-8-6-4-2/h9-10H,1-8H2;3-8H2,1-2H3. The molecule has 0 bridgehead atoms. The zero-order chi connectivity index (χ0) is 17.4. The van der Waals surface area contributed by atoms with Crippen LogP contribution in [-0.4, -0.2) is 76.3 Å². The minimum absolute atomic E-state index is 0.00978. The van der Waals surface area contributed by atoms with Crippen LogP contribution in [0, 0.1) is 0 Å². The maximum Gasteiger partial charge on any atom is 0.106 e. The lowest BCUT2D eigenvalue weighted by atomic mass is 10.3. The summed E-state index contributed by atoms with van der Waals surface area (Å²) in [7, 11) is 0. The van der Waals surface area contributed by atoms with Crippen LogP contribution in [0.25, 0.3) is 0 Å². The van der Waals surface area contributed by atoms with Crippen molar-refractivity contribution in [3.63, 3.8) is 0 Å². The smallest absolute Gasteiger partial charge is 0.106 e. The van der Waals surface area contributed by atoms with Gasteiger partial charge in [0.15, 0.2) is 0 Å². The molecule has 0 atom stereocenters. The molecule has 0 saturated heterocycles. The highest BCUT2D eigenvalue weighted by atomic mass is 17.2. The number of unbranched alkanes of at least 4 members (excludes halogenated alkanes) is 2. The molecule has 0 unspecified atom stereocenters. The van der Waals surface area contributed by atoms with E-state index in [-0.39, 0.29) is 13.2 Å². The molecule has 7 heteroatoms. The summed E-state index contributed by atoms with van der Waals surface area (Å²) in [5.74, 6) is 0. The fourth-order valence-corrected chi connectivity index (χ4v) is 1.23. The normalized spacial score (nSPS) is 10.4. The second-order valence-electron chi connectivity index (χ2n) is 4.64. The Kier molecular flexibility index (Phi) is 28.9. The number of aliphatic hydroxyl groups excluding tert-OH is 2. The maximum atomic E-state index is 8.36. The van der Waals surface area contributed by atoms with E-state index in [0.717, 1.165) is 13.2 Å². The molecule has 2 N–H and O–H groups in total. The third-order valence-electron chi connectivity index (χ3n) is 2.46. The van der Waals surface area contributed by atoms with E-state index in [4.69, 9.17) is 34.2 Å². The van der Waals surface area contributed by atoms with Crippen molar-refractivity contribution in [2.45, 2.75) is 39.5 Å². The largest absolute Gasteiger partial charge is 0.394 e. The molecule has 0 aromatic carbocycles. The van der Waals surface area contributed by atoms with Gasteiger partial charge in [-0.05, 0) is 12.8 Å². The van der Waals surface area contributed by atoms with Gasteiger partial charge in [-0.1, -0.05) is 26.7 Å². The van der Waals surface area contributed by atoms with Crippen LogP contribution in [0.15, 0.2) is 0 Å². The van der Waals surface area contributed by atoms with E-state index < -0.39 is 0 Å². The van der Waals surface area contributed by atoms with Gasteiger partial charge in [-0.25, -0.2) is 9.78 Å². The summed E-state index contributed by atoms with van der Waals surface area (Å²) in [6.07, 6.45) is 4.91. The Balaban J connectivity index is 0. The molecule has 0 radical (unpaired) electrons. The second kappa shape index (κ2) is 26.6. The average Bonchev–Trinajstić information content (AvgIpc) is 2.57. The molecule has 0 aliphatic heterocycles. The van der Waals surface area contributed by atoms with E-state index >= 15 is 0 Å². The molecule has 7 nitrogen and oxygen atoms in total. The summed E-state index contributed by atoms with van der Waals surface area (Å²) < 4.78 is 15.1. The van der Waals surface area contributed by atoms with Crippen molar-refractivity contribution in [1.29, 1.82) is 0 Å². The fraction of sp³-hybridized carbons (Fsp3) is 1.00. The van der Waals surface area contributed by atoms with Gasteiger partial charge < -0.3 is 24.4 Å². The Hall–Kier alpha value is -0.280. The van der Waals surface area contributed by atoms with Crippen LogP contribution in [0.2, 0.25) is 0 Å². The molecule has 0 heterocycles. The molecule has 0 fully saturated rings. The fourth-order valence-electron chi connectivity index (χ4n) is 1.23. The lowest BCUT2D eigenvalue weighted by Gasteiger charge is -2.04. The van der Waals surface area contributed by atoms with E-state index in [9.17, 15) is 0 Å². The monoisotopic (exact) mass is 340 g/mol. The Morgan fingerprint density at radius 2 is 0.913 bits per heavy atom. The molecular weight excluding hydrogens is 304 g/mol. The Labute approximate surface area is 140 Å². The Morgan fingerprint density at radius 3 is 1.26 bits per heavy atom. The van der Waals surface area contributed by atoms with E-state index in [0.29, 0.717) is 39.6 Å². The SMILES string of the molecule is CCCCOCCCC.OCCOCCOOCCOCCO. The molecule has 0 rings (SSSR count). The first-order valence-corrected chi connectivity index (χ1v) is 8.52. The summed E-state index contributed by atoms with van der Waals surface area (Å²) in [5.41, 5.74) is 0. The number of ether oxygens (including phenoxy) is 3. The molecular formula is C16H36O7. The van der Waals surface area contributed by atoms with E-state index in [1.54, 1.807) is 0 Å². The van der Waals surface area contributed by atoms with Crippen molar-refractivity contribution in [3.05, 3.63) is 0 Å². The zero-order valence-corrected chi connectivity index (χ0v) is 14.8. The average molecular weight is 340 g/mol. The summed E-state index contributed by atoms with van der Waals surface area (Å²) in [6, 6.07) is 0. The van der Waals surface area contributed by atoms with E-state index in [2.05, 4.69) is 13.8 Å². The topological polar surface area (TPSA) is 86.6 Å². The molecule has 23 heavy (non-hydrogen) atoms. The maximum absolute atomic E-state index is 8.36. The van der Waals surface area contributed by atoms with Gasteiger partial charge >= 0.3 is 0 Å². The lowest BCUT2D eigenvalue weighted by molar-refractivity contribution is -0.303. The molecule has 0 aromatic heterocycles. The highest BCUT2D eigenvalue weighted by molar-refractivity contribution is 4.34. The first-order chi connectivity index (χ1) is 11.3. The van der Waals surface area contributed by atoms with Gasteiger partial charge in [0.2, 0.25) is 0 Å². The zero-order valence-electron chi connectivity index (χ0n) is 14.8. The predicted molar refractivity (Wildman–Crippen MR) is 88.3 cm³/mol. The van der Waals surface area contributed by atoms with Crippen molar-refractivity contribution in [1.82, 2.24) is 0 Å². The van der Waals surface area contributed by atoms with Gasteiger partial charge in [-0.15, -0.1) is 0 Å². The number of hydrogen-bond donors (Lipinski definition) is 2. The van der Waals surface area contributed by atoms with Crippen LogP contribution in [0.4, 0.5) is 0 Å². The van der Waals surface area contributed by atoms with E-state index in [1.165, 1.54) is 25.7 Å². The summed E-state index contributed by atoms with van der Waals surface area (Å²) in [6.45, 7) is 8.33. The Bertz CT molecular complexity index is 164. The van der Waals surface area contributed by atoms with Crippen LogP contribution in [0.5, 0.6) is 0 Å². The van der Waals surface area contributed by atoms with Crippen LogP contribution < -0.4 is 0 Å². The van der Waals surface area contributed by atoms with Crippen LogP contribution in [0.3, 0.4) is 0 Å². The molecule has 0 aromatic rings. The molecule has 0 spiro atoms. The molecule has 0 saturated carbocycles. The molecule has 0 aliphatic rings. The highest BCUT2D eigenvalue weighted by Crippen LogP contribution is 1.91. The minimum atomic E-state index is 0.00978. The minimum Gasteiger partial charge on any atom is -0.394 e. The molecule has 142 valence electrons. The van der Waals surface area contributed by atoms with Crippen LogP contribution in [-0.2, 0) is 24.0 Å². The summed E-state index contributed by atoms with van der Waals surface area (Å²) in [4.78, 5) is 9.42.